The zero-order chi connectivity index (χ0) is 28.2. The third-order valence-electron chi connectivity index (χ3n) is 6.84. The lowest BCUT2D eigenvalue weighted by atomic mass is 10.0. The van der Waals surface area contributed by atoms with E-state index in [-0.39, 0.29) is 11.8 Å². The fraction of sp³-hybridized carbons (Fsp3) is 0.125. The number of nitrogens with zero attached hydrogens (tertiary/aromatic N) is 4. The molecule has 200 valence electrons. The van der Waals surface area contributed by atoms with Crippen LogP contribution in [-0.2, 0) is 9.59 Å². The van der Waals surface area contributed by atoms with Gasteiger partial charge in [0.15, 0.2) is 12.3 Å². The number of nitrogens with two attached hydrogens (primary N) is 2. The quantitative estimate of drug-likeness (QED) is 0.412. The molecule has 40 heavy (non-hydrogen) atoms. The van der Waals surface area contributed by atoms with Crippen LogP contribution in [0.3, 0.4) is 0 Å². The second-order valence-corrected chi connectivity index (χ2v) is 9.41. The van der Waals surface area contributed by atoms with Gasteiger partial charge in [-0.2, -0.15) is 0 Å². The van der Waals surface area contributed by atoms with Crippen molar-refractivity contribution in [2.75, 3.05) is 23.9 Å². The van der Waals surface area contributed by atoms with Crippen LogP contribution in [0.25, 0.3) is 0 Å². The summed E-state index contributed by atoms with van der Waals surface area (Å²) in [6.45, 7) is 0. The van der Waals surface area contributed by atoms with Crippen molar-refractivity contribution in [3.8, 4) is 0 Å². The maximum absolute atomic E-state index is 12.2. The van der Waals surface area contributed by atoms with Crippen LogP contribution >= 0.6 is 0 Å². The summed E-state index contributed by atoms with van der Waals surface area (Å²) < 4.78 is 0. The Hall–Kier alpha value is -4.92. The molecule has 0 fully saturated rings. The molecular weight excluding hydrogens is 500 g/mol. The molecule has 0 saturated carbocycles. The minimum Gasteiger partial charge on any atom is -0.312 e. The first-order chi connectivity index (χ1) is 19.4. The Morgan fingerprint density at radius 1 is 0.525 bits per heavy atom. The van der Waals surface area contributed by atoms with Gasteiger partial charge in [0.25, 0.3) is 11.8 Å². The van der Waals surface area contributed by atoms with Crippen molar-refractivity contribution in [2.24, 2.45) is 21.5 Å². The van der Waals surface area contributed by atoms with E-state index in [1.165, 1.54) is 0 Å². The van der Waals surface area contributed by atoms with Crippen LogP contribution in [0.1, 0.15) is 22.3 Å². The van der Waals surface area contributed by atoms with E-state index >= 15 is 0 Å². The lowest BCUT2D eigenvalue weighted by Gasteiger charge is -2.18. The van der Waals surface area contributed by atoms with Gasteiger partial charge in [0.2, 0.25) is 0 Å². The Balaban J connectivity index is 0.000000161. The zero-order valence-corrected chi connectivity index (χ0v) is 22.3. The van der Waals surface area contributed by atoms with Gasteiger partial charge in [0.1, 0.15) is 0 Å². The Bertz CT molecular complexity index is 1480. The van der Waals surface area contributed by atoms with Crippen LogP contribution < -0.4 is 21.3 Å². The van der Waals surface area contributed by atoms with Crippen LogP contribution in [0.15, 0.2) is 119 Å². The van der Waals surface area contributed by atoms with Crippen molar-refractivity contribution in [3.05, 3.63) is 131 Å². The summed E-state index contributed by atoms with van der Waals surface area (Å²) in [5, 5.41) is 0. The van der Waals surface area contributed by atoms with E-state index in [2.05, 4.69) is 9.98 Å². The molecule has 0 bridgehead atoms. The summed E-state index contributed by atoms with van der Waals surface area (Å²) >= 11 is 0. The molecule has 1 unspecified atom stereocenters. The molecule has 0 aromatic heterocycles. The number of fused-ring (bicyclic) bond motifs is 2. The Morgan fingerprint density at radius 3 is 1.23 bits per heavy atom. The standard InChI is InChI=1S/2C16H15N3O/c2*1-19-13-10-6-5-9-12(13)14(18-15(17)16(19)20)11-7-3-2-4-8-11/h2*2-10,15H,17H2,1H3/t15-;/m0./s1. The first-order valence-electron chi connectivity index (χ1n) is 12.9. The van der Waals surface area contributed by atoms with Gasteiger partial charge in [-0.1, -0.05) is 97.1 Å². The SMILES string of the molecule is CN1C(=O)C(N)N=C(c2ccccc2)c2ccccc21.CN1C(=O)[C@@H](N)N=C(c2ccccc2)c2ccccc21. The van der Waals surface area contributed by atoms with E-state index < -0.39 is 12.3 Å². The number of aliphatic imine (C=N–C) groups is 2. The molecule has 4 N–H and O–H groups in total. The van der Waals surface area contributed by atoms with E-state index in [1.807, 2.05) is 109 Å². The van der Waals surface area contributed by atoms with Gasteiger partial charge in [0, 0.05) is 36.3 Å². The lowest BCUT2D eigenvalue weighted by Crippen LogP contribution is -2.39. The second kappa shape index (κ2) is 11.4. The molecule has 0 aliphatic carbocycles. The second-order valence-electron chi connectivity index (χ2n) is 9.41. The molecule has 2 aliphatic rings. The average molecular weight is 531 g/mol. The first kappa shape index (κ1) is 26.7. The predicted octanol–water partition coefficient (Wildman–Crippen LogP) is 3.57. The number of carbonyl (C=O) groups excluding carboxylic acids is 2. The highest BCUT2D eigenvalue weighted by Crippen LogP contribution is 2.27. The van der Waals surface area contributed by atoms with Gasteiger partial charge in [-0.05, 0) is 12.1 Å². The van der Waals surface area contributed by atoms with Gasteiger partial charge >= 0.3 is 0 Å². The minimum atomic E-state index is -0.873. The van der Waals surface area contributed by atoms with E-state index in [9.17, 15) is 9.59 Å². The maximum Gasteiger partial charge on any atom is 0.266 e. The van der Waals surface area contributed by atoms with Gasteiger partial charge in [-0.25, -0.2) is 0 Å². The van der Waals surface area contributed by atoms with Gasteiger partial charge in [-0.15, -0.1) is 0 Å². The van der Waals surface area contributed by atoms with Crippen LogP contribution in [-0.4, -0.2) is 49.7 Å². The molecule has 8 nitrogen and oxygen atoms in total. The summed E-state index contributed by atoms with van der Waals surface area (Å²) in [5.41, 5.74) is 18.7. The molecule has 2 aliphatic heterocycles. The topological polar surface area (TPSA) is 117 Å². The van der Waals surface area contributed by atoms with Crippen LogP contribution in [0.5, 0.6) is 0 Å². The number of para-hydroxylation sites is 2. The lowest BCUT2D eigenvalue weighted by molar-refractivity contribution is -0.120. The summed E-state index contributed by atoms with van der Waals surface area (Å²) in [7, 11) is 3.45. The molecule has 8 heteroatoms. The highest BCUT2D eigenvalue weighted by molar-refractivity contribution is 6.20. The molecule has 2 heterocycles. The van der Waals surface area contributed by atoms with E-state index in [1.54, 1.807) is 23.9 Å². The highest BCUT2D eigenvalue weighted by atomic mass is 16.2. The molecule has 4 aromatic carbocycles. The number of likely N-dealkylation sites (N-methyl/N-ethyl adjacent to an activating group) is 2. The first-order valence-corrected chi connectivity index (χ1v) is 12.9. The van der Waals surface area contributed by atoms with Gasteiger partial charge < -0.3 is 21.3 Å². The molecule has 2 atom stereocenters. The molecule has 2 amide bonds. The normalized spacial score (nSPS) is 18.3. The van der Waals surface area contributed by atoms with Crippen LogP contribution in [0.4, 0.5) is 11.4 Å². The number of hydrogen-bond donors (Lipinski definition) is 2. The number of rotatable bonds is 2. The van der Waals surface area contributed by atoms with Crippen LogP contribution in [0, 0.1) is 0 Å². The summed E-state index contributed by atoms with van der Waals surface area (Å²) in [4.78, 5) is 36.3. The van der Waals surface area contributed by atoms with E-state index in [0.29, 0.717) is 0 Å². The Kier molecular flexibility index (Phi) is 7.63. The molecule has 0 radical (unpaired) electrons. The predicted molar refractivity (Wildman–Crippen MR) is 160 cm³/mol. The zero-order valence-electron chi connectivity index (χ0n) is 22.3. The van der Waals surface area contributed by atoms with E-state index in [0.717, 1.165) is 45.1 Å². The third kappa shape index (κ3) is 5.18. The average Bonchev–Trinajstić information content (AvgIpc) is 3.17. The van der Waals surface area contributed by atoms with Crippen molar-refractivity contribution in [1.82, 2.24) is 0 Å². The Morgan fingerprint density at radius 2 is 0.850 bits per heavy atom. The van der Waals surface area contributed by atoms with E-state index in [4.69, 9.17) is 11.5 Å². The summed E-state index contributed by atoms with van der Waals surface area (Å²) in [6.07, 6.45) is -1.75. The number of benzene rings is 4. The molecular formula is C32H30N6O2. The monoisotopic (exact) mass is 530 g/mol. The van der Waals surface area contributed by atoms with Crippen molar-refractivity contribution in [1.29, 1.82) is 0 Å². The number of anilines is 2. The number of hydrogen-bond acceptors (Lipinski definition) is 6. The van der Waals surface area contributed by atoms with Crippen molar-refractivity contribution in [2.45, 2.75) is 12.3 Å². The fourth-order valence-corrected chi connectivity index (χ4v) is 4.75. The maximum atomic E-state index is 12.2. The molecule has 0 spiro atoms. The van der Waals surface area contributed by atoms with Crippen molar-refractivity contribution in [3.63, 3.8) is 0 Å². The Labute approximate surface area is 233 Å². The smallest absolute Gasteiger partial charge is 0.266 e. The number of benzodiazepines with no additional fused rings is 2. The number of amides is 2. The summed E-state index contributed by atoms with van der Waals surface area (Å²) in [5.74, 6) is -0.410. The summed E-state index contributed by atoms with van der Waals surface area (Å²) in [6, 6.07) is 35.0. The molecule has 0 saturated heterocycles. The third-order valence-corrected chi connectivity index (χ3v) is 6.84. The highest BCUT2D eigenvalue weighted by Gasteiger charge is 2.28. The van der Waals surface area contributed by atoms with Gasteiger partial charge in [-0.3, -0.25) is 19.6 Å². The minimum absolute atomic E-state index is 0.205. The largest absolute Gasteiger partial charge is 0.312 e. The molecule has 4 aromatic rings. The van der Waals surface area contributed by atoms with Gasteiger partial charge in [0.05, 0.1) is 22.8 Å². The van der Waals surface area contributed by atoms with Crippen molar-refractivity contribution >= 4 is 34.6 Å². The molecule has 6 rings (SSSR count). The fourth-order valence-electron chi connectivity index (χ4n) is 4.75. The number of carbonyl (C=O) groups is 2. The van der Waals surface area contributed by atoms with Crippen LogP contribution in [0.2, 0.25) is 0 Å². The van der Waals surface area contributed by atoms with Crippen molar-refractivity contribution < 1.29 is 9.59 Å².